The Labute approximate surface area is 108 Å². The maximum absolute atomic E-state index is 12.0. The Morgan fingerprint density at radius 1 is 1.56 bits per heavy atom. The molecule has 1 fully saturated rings. The average molecular weight is 250 g/mol. The lowest BCUT2D eigenvalue weighted by atomic mass is 9.74. The van der Waals surface area contributed by atoms with Gasteiger partial charge in [0.1, 0.15) is 5.76 Å². The zero-order chi connectivity index (χ0) is 13.0. The molecule has 100 valence electrons. The summed E-state index contributed by atoms with van der Waals surface area (Å²) in [5, 5.41) is 6.35. The molecule has 1 aromatic rings. The number of furan rings is 1. The van der Waals surface area contributed by atoms with Crippen LogP contribution in [0.3, 0.4) is 0 Å². The quantitative estimate of drug-likeness (QED) is 0.814. The standard InChI is InChI=1S/C14H22N2O2/c1-3-14(7-5-8-14)16-11(2)13(17)15-10-12-6-4-9-18-12/h4,6,9,11,16H,3,5,7-8,10H2,1-2H3,(H,15,17). The van der Waals surface area contributed by atoms with Crippen LogP contribution < -0.4 is 10.6 Å². The lowest BCUT2D eigenvalue weighted by Crippen LogP contribution is -2.57. The van der Waals surface area contributed by atoms with Crippen LogP contribution in [-0.4, -0.2) is 17.5 Å². The van der Waals surface area contributed by atoms with E-state index in [1.54, 1.807) is 6.26 Å². The van der Waals surface area contributed by atoms with Gasteiger partial charge in [-0.2, -0.15) is 0 Å². The molecule has 0 aromatic carbocycles. The van der Waals surface area contributed by atoms with Gasteiger partial charge in [0.05, 0.1) is 18.8 Å². The van der Waals surface area contributed by atoms with Gasteiger partial charge in [0.25, 0.3) is 0 Å². The van der Waals surface area contributed by atoms with Gasteiger partial charge < -0.3 is 15.1 Å². The van der Waals surface area contributed by atoms with Crippen LogP contribution in [0.5, 0.6) is 0 Å². The lowest BCUT2D eigenvalue weighted by molar-refractivity contribution is -0.123. The molecular weight excluding hydrogens is 228 g/mol. The SMILES string of the molecule is CCC1(NC(C)C(=O)NCc2ccco2)CCC1. The van der Waals surface area contributed by atoms with Gasteiger partial charge in [-0.15, -0.1) is 0 Å². The lowest BCUT2D eigenvalue weighted by Gasteiger charge is -2.44. The highest BCUT2D eigenvalue weighted by atomic mass is 16.3. The predicted molar refractivity (Wildman–Crippen MR) is 70.0 cm³/mol. The fourth-order valence-corrected chi connectivity index (χ4v) is 2.47. The van der Waals surface area contributed by atoms with Crippen LogP contribution in [0.2, 0.25) is 0 Å². The van der Waals surface area contributed by atoms with Crippen molar-refractivity contribution in [3.63, 3.8) is 0 Å². The minimum atomic E-state index is -0.153. The summed E-state index contributed by atoms with van der Waals surface area (Å²) in [6, 6.07) is 3.53. The van der Waals surface area contributed by atoms with Gasteiger partial charge >= 0.3 is 0 Å². The second-order valence-electron chi connectivity index (χ2n) is 5.15. The van der Waals surface area contributed by atoms with Crippen molar-refractivity contribution in [2.45, 2.75) is 57.7 Å². The molecule has 1 aliphatic carbocycles. The molecule has 2 N–H and O–H groups in total. The molecule has 0 spiro atoms. The molecule has 1 heterocycles. The minimum absolute atomic E-state index is 0.0334. The van der Waals surface area contributed by atoms with Crippen LogP contribution in [-0.2, 0) is 11.3 Å². The minimum Gasteiger partial charge on any atom is -0.467 e. The highest BCUT2D eigenvalue weighted by Crippen LogP contribution is 2.34. The molecule has 1 unspecified atom stereocenters. The number of amides is 1. The van der Waals surface area contributed by atoms with Crippen LogP contribution in [0.4, 0.5) is 0 Å². The Balaban J connectivity index is 1.78. The molecule has 1 atom stereocenters. The van der Waals surface area contributed by atoms with Gasteiger partial charge in [-0.3, -0.25) is 4.79 Å². The topological polar surface area (TPSA) is 54.3 Å². The molecule has 1 aromatic heterocycles. The molecule has 0 bridgehead atoms. The molecule has 18 heavy (non-hydrogen) atoms. The van der Waals surface area contributed by atoms with Gasteiger partial charge in [0.15, 0.2) is 0 Å². The number of nitrogens with one attached hydrogen (secondary N) is 2. The first-order chi connectivity index (χ1) is 8.65. The summed E-state index contributed by atoms with van der Waals surface area (Å²) < 4.78 is 5.18. The monoisotopic (exact) mass is 250 g/mol. The molecule has 0 aliphatic heterocycles. The van der Waals surface area contributed by atoms with Gasteiger partial charge in [-0.1, -0.05) is 6.92 Å². The van der Waals surface area contributed by atoms with E-state index in [-0.39, 0.29) is 17.5 Å². The largest absolute Gasteiger partial charge is 0.467 e. The van der Waals surface area contributed by atoms with Crippen LogP contribution in [0, 0.1) is 0 Å². The van der Waals surface area contributed by atoms with Gasteiger partial charge in [0.2, 0.25) is 5.91 Å². The zero-order valence-corrected chi connectivity index (χ0v) is 11.2. The van der Waals surface area contributed by atoms with Crippen molar-refractivity contribution in [1.29, 1.82) is 0 Å². The molecule has 4 nitrogen and oxygen atoms in total. The third-order valence-electron chi connectivity index (χ3n) is 3.92. The smallest absolute Gasteiger partial charge is 0.237 e. The summed E-state index contributed by atoms with van der Waals surface area (Å²) in [7, 11) is 0. The maximum Gasteiger partial charge on any atom is 0.237 e. The third-order valence-corrected chi connectivity index (χ3v) is 3.92. The van der Waals surface area contributed by atoms with E-state index in [0.717, 1.165) is 12.2 Å². The summed E-state index contributed by atoms with van der Waals surface area (Å²) >= 11 is 0. The summed E-state index contributed by atoms with van der Waals surface area (Å²) in [5.41, 5.74) is 0.196. The van der Waals surface area contributed by atoms with Crippen LogP contribution >= 0.6 is 0 Å². The van der Waals surface area contributed by atoms with E-state index in [0.29, 0.717) is 6.54 Å². The Morgan fingerprint density at radius 3 is 2.83 bits per heavy atom. The number of hydrogen-bond acceptors (Lipinski definition) is 3. The summed E-state index contributed by atoms with van der Waals surface area (Å²) in [5.74, 6) is 0.815. The second-order valence-corrected chi connectivity index (χ2v) is 5.15. The van der Waals surface area contributed by atoms with Gasteiger partial charge in [-0.05, 0) is 44.7 Å². The van der Waals surface area contributed by atoms with E-state index in [1.807, 2.05) is 19.1 Å². The summed E-state index contributed by atoms with van der Waals surface area (Å²) in [6.45, 7) is 4.56. The fourth-order valence-electron chi connectivity index (χ4n) is 2.47. The fraction of sp³-hybridized carbons (Fsp3) is 0.643. The van der Waals surface area contributed by atoms with E-state index in [4.69, 9.17) is 4.42 Å². The molecule has 1 aliphatic rings. The van der Waals surface area contributed by atoms with Gasteiger partial charge in [0, 0.05) is 5.54 Å². The van der Waals surface area contributed by atoms with Crippen molar-refractivity contribution in [2.24, 2.45) is 0 Å². The number of rotatable bonds is 6. The van der Waals surface area contributed by atoms with E-state index in [1.165, 1.54) is 19.3 Å². The Morgan fingerprint density at radius 2 is 2.33 bits per heavy atom. The highest BCUT2D eigenvalue weighted by molar-refractivity contribution is 5.81. The summed E-state index contributed by atoms with van der Waals surface area (Å²) in [6.07, 6.45) is 6.33. The number of carbonyl (C=O) groups is 1. The summed E-state index contributed by atoms with van der Waals surface area (Å²) in [4.78, 5) is 12.0. The molecule has 0 saturated heterocycles. The molecule has 1 saturated carbocycles. The first-order valence-electron chi connectivity index (χ1n) is 6.73. The maximum atomic E-state index is 12.0. The van der Waals surface area contributed by atoms with E-state index in [2.05, 4.69) is 17.6 Å². The Bertz CT molecular complexity index is 377. The third kappa shape index (κ3) is 2.93. The van der Waals surface area contributed by atoms with E-state index >= 15 is 0 Å². The van der Waals surface area contributed by atoms with Crippen molar-refractivity contribution < 1.29 is 9.21 Å². The number of carbonyl (C=O) groups excluding carboxylic acids is 1. The van der Waals surface area contributed by atoms with Crippen molar-refractivity contribution in [2.75, 3.05) is 0 Å². The van der Waals surface area contributed by atoms with Crippen LogP contribution in [0.15, 0.2) is 22.8 Å². The molecule has 4 heteroatoms. The predicted octanol–water partition coefficient (Wildman–Crippen LogP) is 2.21. The van der Waals surface area contributed by atoms with Crippen LogP contribution in [0.25, 0.3) is 0 Å². The van der Waals surface area contributed by atoms with Gasteiger partial charge in [-0.25, -0.2) is 0 Å². The van der Waals surface area contributed by atoms with E-state index in [9.17, 15) is 4.79 Å². The zero-order valence-electron chi connectivity index (χ0n) is 11.2. The highest BCUT2D eigenvalue weighted by Gasteiger charge is 2.36. The molecular formula is C14H22N2O2. The van der Waals surface area contributed by atoms with Crippen molar-refractivity contribution in [3.05, 3.63) is 24.2 Å². The second kappa shape index (κ2) is 5.57. The molecule has 0 radical (unpaired) electrons. The van der Waals surface area contributed by atoms with Crippen molar-refractivity contribution in [1.82, 2.24) is 10.6 Å². The molecule has 2 rings (SSSR count). The molecule has 1 amide bonds. The average Bonchev–Trinajstić information content (AvgIpc) is 2.83. The van der Waals surface area contributed by atoms with E-state index < -0.39 is 0 Å². The number of hydrogen-bond donors (Lipinski definition) is 2. The first kappa shape index (κ1) is 13.1. The normalized spacial score (nSPS) is 19.0. The Kier molecular flexibility index (Phi) is 4.07. The Hall–Kier alpha value is -1.29. The van der Waals surface area contributed by atoms with Crippen LogP contribution in [0.1, 0.15) is 45.3 Å². The van der Waals surface area contributed by atoms with Crippen molar-refractivity contribution in [3.8, 4) is 0 Å². The first-order valence-corrected chi connectivity index (χ1v) is 6.73. The van der Waals surface area contributed by atoms with Crippen molar-refractivity contribution >= 4 is 5.91 Å².